The first-order chi connectivity index (χ1) is 9.99. The number of nitrogens with one attached hydrogen (secondary N) is 1. The fourth-order valence-electron chi connectivity index (χ4n) is 2.17. The molecule has 0 aliphatic heterocycles. The van der Waals surface area contributed by atoms with Crippen molar-refractivity contribution in [1.29, 1.82) is 0 Å². The standard InChI is InChI=1S/C16H18BrFN2O/c1-10(2)21-15-5-3-4-11(8-15)16(20-19)12-6-13(17)9-14(18)7-12/h3-10,16,20H,19H2,1-2H3. The van der Waals surface area contributed by atoms with Gasteiger partial charge in [-0.3, -0.25) is 5.84 Å². The van der Waals surface area contributed by atoms with Crippen LogP contribution in [0.1, 0.15) is 31.0 Å². The molecule has 21 heavy (non-hydrogen) atoms. The average molecular weight is 353 g/mol. The fourth-order valence-corrected chi connectivity index (χ4v) is 2.65. The Morgan fingerprint density at radius 2 is 1.90 bits per heavy atom. The van der Waals surface area contributed by atoms with Crippen molar-refractivity contribution in [2.75, 3.05) is 0 Å². The molecule has 0 amide bonds. The zero-order valence-electron chi connectivity index (χ0n) is 11.9. The predicted octanol–water partition coefficient (Wildman–Crippen LogP) is 3.93. The van der Waals surface area contributed by atoms with E-state index in [1.807, 2.05) is 44.2 Å². The first-order valence-electron chi connectivity index (χ1n) is 6.68. The normalized spacial score (nSPS) is 12.5. The van der Waals surface area contributed by atoms with E-state index in [9.17, 15) is 4.39 Å². The number of rotatable bonds is 5. The Morgan fingerprint density at radius 3 is 2.52 bits per heavy atom. The molecule has 2 aromatic rings. The highest BCUT2D eigenvalue weighted by Crippen LogP contribution is 2.27. The van der Waals surface area contributed by atoms with Gasteiger partial charge in [0.15, 0.2) is 0 Å². The summed E-state index contributed by atoms with van der Waals surface area (Å²) in [6, 6.07) is 12.0. The van der Waals surface area contributed by atoms with Crippen molar-refractivity contribution in [1.82, 2.24) is 5.43 Å². The van der Waals surface area contributed by atoms with Crippen LogP contribution in [0, 0.1) is 5.82 Å². The van der Waals surface area contributed by atoms with E-state index in [4.69, 9.17) is 10.6 Å². The molecule has 0 saturated carbocycles. The number of halogens is 2. The van der Waals surface area contributed by atoms with Crippen LogP contribution in [0.4, 0.5) is 4.39 Å². The van der Waals surface area contributed by atoms with Gasteiger partial charge in [0, 0.05) is 4.47 Å². The maximum absolute atomic E-state index is 13.6. The van der Waals surface area contributed by atoms with Crippen molar-refractivity contribution < 1.29 is 9.13 Å². The third-order valence-corrected chi connectivity index (χ3v) is 3.41. The number of hydrazine groups is 1. The minimum absolute atomic E-state index is 0.0906. The Balaban J connectivity index is 2.36. The number of ether oxygens (including phenoxy) is 1. The van der Waals surface area contributed by atoms with Gasteiger partial charge >= 0.3 is 0 Å². The zero-order chi connectivity index (χ0) is 15.4. The molecule has 1 atom stereocenters. The molecule has 3 N–H and O–H groups in total. The van der Waals surface area contributed by atoms with Crippen LogP contribution in [0.25, 0.3) is 0 Å². The van der Waals surface area contributed by atoms with E-state index in [0.717, 1.165) is 16.9 Å². The molecule has 0 aliphatic carbocycles. The van der Waals surface area contributed by atoms with Crippen molar-refractivity contribution >= 4 is 15.9 Å². The summed E-state index contributed by atoms with van der Waals surface area (Å²) in [5, 5.41) is 0. The summed E-state index contributed by atoms with van der Waals surface area (Å²) >= 11 is 3.30. The van der Waals surface area contributed by atoms with Crippen LogP contribution in [0.5, 0.6) is 5.75 Å². The van der Waals surface area contributed by atoms with Crippen molar-refractivity contribution in [2.24, 2.45) is 5.84 Å². The second kappa shape index (κ2) is 7.02. The van der Waals surface area contributed by atoms with E-state index in [0.29, 0.717) is 4.47 Å². The van der Waals surface area contributed by atoms with Gasteiger partial charge in [-0.15, -0.1) is 0 Å². The van der Waals surface area contributed by atoms with E-state index >= 15 is 0 Å². The molecule has 2 aromatic carbocycles. The molecule has 0 fully saturated rings. The van der Waals surface area contributed by atoms with Gasteiger partial charge in [-0.05, 0) is 55.3 Å². The number of hydrogen-bond acceptors (Lipinski definition) is 3. The van der Waals surface area contributed by atoms with Crippen LogP contribution < -0.4 is 16.0 Å². The Labute approximate surface area is 132 Å². The maximum atomic E-state index is 13.6. The summed E-state index contributed by atoms with van der Waals surface area (Å²) in [7, 11) is 0. The first kappa shape index (κ1) is 15.9. The second-order valence-electron chi connectivity index (χ2n) is 5.04. The number of benzene rings is 2. The molecule has 112 valence electrons. The molecule has 5 heteroatoms. The molecular formula is C16H18BrFN2O. The van der Waals surface area contributed by atoms with Crippen LogP contribution in [0.3, 0.4) is 0 Å². The van der Waals surface area contributed by atoms with E-state index in [-0.39, 0.29) is 18.0 Å². The molecular weight excluding hydrogens is 335 g/mol. The average Bonchev–Trinajstić information content (AvgIpc) is 2.38. The van der Waals surface area contributed by atoms with Gasteiger partial charge < -0.3 is 4.74 Å². The predicted molar refractivity (Wildman–Crippen MR) is 85.5 cm³/mol. The lowest BCUT2D eigenvalue weighted by Gasteiger charge is -2.19. The molecule has 2 rings (SSSR count). The third kappa shape index (κ3) is 4.27. The fraction of sp³-hybridized carbons (Fsp3) is 0.250. The Bertz CT molecular complexity index is 599. The van der Waals surface area contributed by atoms with Crippen LogP contribution in [-0.2, 0) is 0 Å². The van der Waals surface area contributed by atoms with E-state index in [1.165, 1.54) is 12.1 Å². The maximum Gasteiger partial charge on any atom is 0.124 e. The quantitative estimate of drug-likeness (QED) is 0.633. The summed E-state index contributed by atoms with van der Waals surface area (Å²) in [4.78, 5) is 0. The van der Waals surface area contributed by atoms with E-state index in [2.05, 4.69) is 21.4 Å². The highest BCUT2D eigenvalue weighted by Gasteiger charge is 2.15. The van der Waals surface area contributed by atoms with Crippen molar-refractivity contribution in [3.63, 3.8) is 0 Å². The molecule has 0 radical (unpaired) electrons. The molecule has 0 aliphatic rings. The van der Waals surface area contributed by atoms with Crippen LogP contribution in [0.2, 0.25) is 0 Å². The first-order valence-corrected chi connectivity index (χ1v) is 7.47. The minimum Gasteiger partial charge on any atom is -0.491 e. The lowest BCUT2D eigenvalue weighted by Crippen LogP contribution is -2.29. The van der Waals surface area contributed by atoms with E-state index in [1.54, 1.807) is 0 Å². The lowest BCUT2D eigenvalue weighted by molar-refractivity contribution is 0.242. The Hall–Kier alpha value is -1.43. The van der Waals surface area contributed by atoms with Crippen LogP contribution in [-0.4, -0.2) is 6.10 Å². The largest absolute Gasteiger partial charge is 0.491 e. The summed E-state index contributed by atoms with van der Waals surface area (Å²) < 4.78 is 19.9. The van der Waals surface area contributed by atoms with Crippen LogP contribution >= 0.6 is 15.9 Å². The topological polar surface area (TPSA) is 47.3 Å². The molecule has 0 bridgehead atoms. The molecule has 0 spiro atoms. The molecule has 1 unspecified atom stereocenters. The Morgan fingerprint density at radius 1 is 1.14 bits per heavy atom. The molecule has 3 nitrogen and oxygen atoms in total. The minimum atomic E-state index is -0.312. The third-order valence-electron chi connectivity index (χ3n) is 2.95. The van der Waals surface area contributed by atoms with Crippen molar-refractivity contribution in [2.45, 2.75) is 26.0 Å². The monoisotopic (exact) mass is 352 g/mol. The van der Waals surface area contributed by atoms with Gasteiger partial charge in [0.1, 0.15) is 11.6 Å². The van der Waals surface area contributed by atoms with Crippen LogP contribution in [0.15, 0.2) is 46.9 Å². The van der Waals surface area contributed by atoms with Crippen molar-refractivity contribution in [3.05, 3.63) is 63.9 Å². The van der Waals surface area contributed by atoms with Gasteiger partial charge in [0.2, 0.25) is 0 Å². The van der Waals surface area contributed by atoms with Gasteiger partial charge in [0.05, 0.1) is 12.1 Å². The van der Waals surface area contributed by atoms with Gasteiger partial charge in [-0.2, -0.15) is 0 Å². The van der Waals surface area contributed by atoms with Gasteiger partial charge in [-0.1, -0.05) is 28.1 Å². The molecule has 0 heterocycles. The highest BCUT2D eigenvalue weighted by molar-refractivity contribution is 9.10. The zero-order valence-corrected chi connectivity index (χ0v) is 13.5. The SMILES string of the molecule is CC(C)Oc1cccc(C(NN)c2cc(F)cc(Br)c2)c1. The molecule has 0 saturated heterocycles. The lowest BCUT2D eigenvalue weighted by atomic mass is 9.99. The molecule has 0 aromatic heterocycles. The highest BCUT2D eigenvalue weighted by atomic mass is 79.9. The van der Waals surface area contributed by atoms with Gasteiger partial charge in [0.25, 0.3) is 0 Å². The number of nitrogens with two attached hydrogens (primary N) is 1. The van der Waals surface area contributed by atoms with E-state index < -0.39 is 0 Å². The van der Waals surface area contributed by atoms with Crippen molar-refractivity contribution in [3.8, 4) is 5.75 Å². The van der Waals surface area contributed by atoms with Gasteiger partial charge in [-0.25, -0.2) is 9.82 Å². The summed E-state index contributed by atoms with van der Waals surface area (Å²) in [6.07, 6.45) is 0.0906. The summed E-state index contributed by atoms with van der Waals surface area (Å²) in [5.41, 5.74) is 4.38. The summed E-state index contributed by atoms with van der Waals surface area (Å²) in [5.74, 6) is 6.11. The smallest absolute Gasteiger partial charge is 0.124 e. The second-order valence-corrected chi connectivity index (χ2v) is 5.96. The Kier molecular flexibility index (Phi) is 5.33. The summed E-state index contributed by atoms with van der Waals surface area (Å²) in [6.45, 7) is 3.93. The number of hydrogen-bond donors (Lipinski definition) is 2.